The SMILES string of the molecule is [CH2]CC(CC)CC([CH2])(CC)CC. The molecule has 12 heavy (non-hydrogen) atoms. The molecule has 0 bridgehead atoms. The Labute approximate surface area is 78.8 Å². The Morgan fingerprint density at radius 2 is 1.67 bits per heavy atom. The molecule has 2 radical (unpaired) electrons. The van der Waals surface area contributed by atoms with E-state index in [1.165, 1.54) is 25.7 Å². The summed E-state index contributed by atoms with van der Waals surface area (Å²) >= 11 is 0. The molecule has 0 aliphatic carbocycles. The smallest absolute Gasteiger partial charge is 0.0300 e. The molecule has 0 saturated carbocycles. The van der Waals surface area contributed by atoms with Crippen LogP contribution < -0.4 is 0 Å². The molecule has 0 nitrogen and oxygen atoms in total. The highest BCUT2D eigenvalue weighted by molar-refractivity contribution is 4.81. The molecule has 1 atom stereocenters. The van der Waals surface area contributed by atoms with Gasteiger partial charge in [0, 0.05) is 0 Å². The van der Waals surface area contributed by atoms with Crippen molar-refractivity contribution in [3.8, 4) is 0 Å². The zero-order valence-electron chi connectivity index (χ0n) is 9.03. The standard InChI is InChI=1S/C12H24/c1-6-11(7-2)10-12(5,8-3)9-4/h11H,1,5-10H2,2-4H3. The van der Waals surface area contributed by atoms with Gasteiger partial charge in [0.25, 0.3) is 0 Å². The van der Waals surface area contributed by atoms with Gasteiger partial charge in [0.1, 0.15) is 0 Å². The molecule has 0 aromatic carbocycles. The predicted octanol–water partition coefficient (Wildman–Crippen LogP) is 4.27. The molecule has 0 saturated heterocycles. The first-order chi connectivity index (χ1) is 5.61. The van der Waals surface area contributed by atoms with Crippen molar-refractivity contribution in [1.82, 2.24) is 0 Å². The Morgan fingerprint density at radius 3 is 1.92 bits per heavy atom. The van der Waals surface area contributed by atoms with Gasteiger partial charge in [0.05, 0.1) is 0 Å². The van der Waals surface area contributed by atoms with E-state index in [-0.39, 0.29) is 0 Å². The summed E-state index contributed by atoms with van der Waals surface area (Å²) in [5.41, 5.74) is 0.318. The molecule has 0 heterocycles. The van der Waals surface area contributed by atoms with Crippen molar-refractivity contribution in [2.75, 3.05) is 0 Å². The van der Waals surface area contributed by atoms with Crippen LogP contribution in [0.1, 0.15) is 52.9 Å². The van der Waals surface area contributed by atoms with Crippen LogP contribution in [-0.2, 0) is 0 Å². The minimum atomic E-state index is 0.318. The van der Waals surface area contributed by atoms with Gasteiger partial charge < -0.3 is 0 Å². The van der Waals surface area contributed by atoms with E-state index in [0.29, 0.717) is 5.41 Å². The van der Waals surface area contributed by atoms with E-state index in [1.807, 2.05) is 0 Å². The molecule has 0 rings (SSSR count). The van der Waals surface area contributed by atoms with Crippen LogP contribution in [-0.4, -0.2) is 0 Å². The van der Waals surface area contributed by atoms with Gasteiger partial charge in [-0.2, -0.15) is 0 Å². The molecule has 0 aromatic rings. The average Bonchev–Trinajstić information content (AvgIpc) is 2.14. The van der Waals surface area contributed by atoms with Crippen molar-refractivity contribution in [3.63, 3.8) is 0 Å². The van der Waals surface area contributed by atoms with Crippen molar-refractivity contribution in [1.29, 1.82) is 0 Å². The van der Waals surface area contributed by atoms with Gasteiger partial charge >= 0.3 is 0 Å². The minimum absolute atomic E-state index is 0.318. The number of hydrogen-bond donors (Lipinski definition) is 0. The summed E-state index contributed by atoms with van der Waals surface area (Å²) in [6.07, 6.45) is 5.95. The molecule has 0 spiro atoms. The van der Waals surface area contributed by atoms with Crippen LogP contribution in [0.15, 0.2) is 0 Å². The maximum Gasteiger partial charge on any atom is -0.0300 e. The topological polar surface area (TPSA) is 0 Å². The highest BCUT2D eigenvalue weighted by Gasteiger charge is 2.22. The molecule has 0 aliphatic heterocycles. The monoisotopic (exact) mass is 168 g/mol. The first-order valence-electron chi connectivity index (χ1n) is 5.26. The molecule has 0 aromatic heterocycles. The van der Waals surface area contributed by atoms with E-state index in [2.05, 4.69) is 34.6 Å². The fraction of sp³-hybridized carbons (Fsp3) is 0.833. The van der Waals surface area contributed by atoms with Gasteiger partial charge in [-0.05, 0) is 24.7 Å². The van der Waals surface area contributed by atoms with E-state index in [9.17, 15) is 0 Å². The normalized spacial score (nSPS) is 12.5. The van der Waals surface area contributed by atoms with Gasteiger partial charge in [-0.1, -0.05) is 53.4 Å². The van der Waals surface area contributed by atoms with Crippen LogP contribution in [0.3, 0.4) is 0 Å². The molecule has 0 fully saturated rings. The molecule has 0 heteroatoms. The van der Waals surface area contributed by atoms with Crippen molar-refractivity contribution in [2.45, 2.75) is 52.9 Å². The molecule has 72 valence electrons. The maximum atomic E-state index is 4.31. The van der Waals surface area contributed by atoms with Crippen molar-refractivity contribution < 1.29 is 0 Å². The Bertz CT molecular complexity index is 96.6. The lowest BCUT2D eigenvalue weighted by molar-refractivity contribution is 0.252. The first-order valence-corrected chi connectivity index (χ1v) is 5.26. The number of hydrogen-bond acceptors (Lipinski definition) is 0. The van der Waals surface area contributed by atoms with Gasteiger partial charge in [-0.3, -0.25) is 0 Å². The van der Waals surface area contributed by atoms with Crippen molar-refractivity contribution in [3.05, 3.63) is 13.8 Å². The summed E-state index contributed by atoms with van der Waals surface area (Å²) in [6.45, 7) is 15.0. The Kier molecular flexibility index (Phi) is 5.61. The summed E-state index contributed by atoms with van der Waals surface area (Å²) in [5.74, 6) is 0.780. The Balaban J connectivity index is 3.99. The van der Waals surface area contributed by atoms with Crippen LogP contribution in [0.5, 0.6) is 0 Å². The second-order valence-electron chi connectivity index (χ2n) is 3.97. The highest BCUT2D eigenvalue weighted by atomic mass is 14.3. The van der Waals surface area contributed by atoms with Gasteiger partial charge in [-0.15, -0.1) is 0 Å². The van der Waals surface area contributed by atoms with Crippen LogP contribution in [0.25, 0.3) is 0 Å². The second kappa shape index (κ2) is 5.61. The fourth-order valence-electron chi connectivity index (χ4n) is 1.60. The van der Waals surface area contributed by atoms with Crippen molar-refractivity contribution in [2.24, 2.45) is 11.3 Å². The molecular weight excluding hydrogens is 144 g/mol. The summed E-state index contributed by atoms with van der Waals surface area (Å²) in [4.78, 5) is 0. The van der Waals surface area contributed by atoms with E-state index in [1.54, 1.807) is 0 Å². The lowest BCUT2D eigenvalue weighted by Crippen LogP contribution is -2.18. The Hall–Kier alpha value is 0. The van der Waals surface area contributed by atoms with Gasteiger partial charge in [0.2, 0.25) is 0 Å². The highest BCUT2D eigenvalue weighted by Crippen LogP contribution is 2.34. The van der Waals surface area contributed by atoms with E-state index in [4.69, 9.17) is 0 Å². The van der Waals surface area contributed by atoms with Gasteiger partial charge in [-0.25, -0.2) is 0 Å². The van der Waals surface area contributed by atoms with E-state index >= 15 is 0 Å². The lowest BCUT2D eigenvalue weighted by Gasteiger charge is -2.30. The third-order valence-electron chi connectivity index (χ3n) is 3.21. The van der Waals surface area contributed by atoms with Crippen LogP contribution in [0.2, 0.25) is 0 Å². The second-order valence-corrected chi connectivity index (χ2v) is 3.97. The van der Waals surface area contributed by atoms with Crippen LogP contribution in [0, 0.1) is 25.2 Å². The predicted molar refractivity (Wildman–Crippen MR) is 56.7 cm³/mol. The van der Waals surface area contributed by atoms with Gasteiger partial charge in [0.15, 0.2) is 0 Å². The maximum absolute atomic E-state index is 4.31. The summed E-state index contributed by atoms with van der Waals surface area (Å²) in [5, 5.41) is 0. The third-order valence-corrected chi connectivity index (χ3v) is 3.21. The molecule has 1 unspecified atom stereocenters. The fourth-order valence-corrected chi connectivity index (χ4v) is 1.60. The molecular formula is C12H24. The third kappa shape index (κ3) is 3.60. The minimum Gasteiger partial charge on any atom is -0.0651 e. The van der Waals surface area contributed by atoms with Crippen molar-refractivity contribution >= 4 is 0 Å². The zero-order valence-corrected chi connectivity index (χ0v) is 9.03. The Morgan fingerprint density at radius 1 is 1.17 bits per heavy atom. The molecule has 0 N–H and O–H groups in total. The average molecular weight is 168 g/mol. The quantitative estimate of drug-likeness (QED) is 0.555. The zero-order chi connectivity index (χ0) is 9.61. The molecule has 0 amide bonds. The summed E-state index contributed by atoms with van der Waals surface area (Å²) in [7, 11) is 0. The number of rotatable bonds is 6. The molecule has 0 aliphatic rings. The lowest BCUT2D eigenvalue weighted by atomic mass is 9.75. The largest absolute Gasteiger partial charge is 0.0651 e. The van der Waals surface area contributed by atoms with Crippen LogP contribution >= 0.6 is 0 Å². The first kappa shape index (κ1) is 12.0. The van der Waals surface area contributed by atoms with E-state index in [0.717, 1.165) is 12.3 Å². The summed E-state index contributed by atoms with van der Waals surface area (Å²) in [6, 6.07) is 0. The van der Waals surface area contributed by atoms with E-state index < -0.39 is 0 Å². The summed E-state index contributed by atoms with van der Waals surface area (Å²) < 4.78 is 0. The van der Waals surface area contributed by atoms with Crippen LogP contribution in [0.4, 0.5) is 0 Å².